The molecule has 2 fully saturated rings. The first-order chi connectivity index (χ1) is 16.4. The zero-order valence-electron chi connectivity index (χ0n) is 18.6. The van der Waals surface area contributed by atoms with Crippen LogP contribution in [0.5, 0.6) is 0 Å². The lowest BCUT2D eigenvalue weighted by atomic mass is 10.2. The van der Waals surface area contributed by atoms with Gasteiger partial charge in [-0.05, 0) is 56.0 Å². The van der Waals surface area contributed by atoms with Crippen LogP contribution in [0.2, 0.25) is 0 Å². The van der Waals surface area contributed by atoms with Crippen molar-refractivity contribution in [3.63, 3.8) is 0 Å². The minimum absolute atomic E-state index is 0.0678. The Balaban J connectivity index is 1.64. The van der Waals surface area contributed by atoms with Gasteiger partial charge < -0.3 is 5.32 Å². The minimum Gasteiger partial charge on any atom is -0.355 e. The van der Waals surface area contributed by atoms with E-state index in [9.17, 15) is 18.0 Å². The van der Waals surface area contributed by atoms with E-state index in [1.165, 1.54) is 26.7 Å². The Morgan fingerprint density at radius 3 is 2.59 bits per heavy atom. The number of thioether (sulfide) groups is 1. The van der Waals surface area contributed by atoms with Crippen molar-refractivity contribution in [1.29, 1.82) is 0 Å². The van der Waals surface area contributed by atoms with Gasteiger partial charge in [-0.25, -0.2) is 13.4 Å². The summed E-state index contributed by atoms with van der Waals surface area (Å²) < 4.78 is 29.2. The molecule has 0 aliphatic carbocycles. The Labute approximate surface area is 202 Å². The molecule has 3 aromatic rings. The van der Waals surface area contributed by atoms with Gasteiger partial charge in [-0.3, -0.25) is 14.2 Å². The van der Waals surface area contributed by atoms with E-state index in [1.807, 2.05) is 6.07 Å². The number of carbonyl (C=O) groups is 1. The summed E-state index contributed by atoms with van der Waals surface area (Å²) in [6.07, 6.45) is 4.19. The fraction of sp³-hybridized carbons (Fsp3) is 0.375. The molecule has 5 rings (SSSR count). The van der Waals surface area contributed by atoms with Crippen molar-refractivity contribution in [2.75, 3.05) is 19.6 Å². The second-order valence-corrected chi connectivity index (χ2v) is 11.7. The number of hydrogen-bond acceptors (Lipinski definition) is 6. The predicted octanol–water partition coefficient (Wildman–Crippen LogP) is 2.93. The SMILES string of the molecule is O=C1NCCCC[C@@H]1Sc1nc2ccccc2c(=O)n1-c1cccc(S(=O)(=O)N2CCCC2)c1. The van der Waals surface area contributed by atoms with E-state index in [4.69, 9.17) is 4.98 Å². The highest BCUT2D eigenvalue weighted by Gasteiger charge is 2.29. The van der Waals surface area contributed by atoms with E-state index in [-0.39, 0.29) is 21.6 Å². The van der Waals surface area contributed by atoms with Gasteiger partial charge in [0.15, 0.2) is 5.16 Å². The number of para-hydroxylation sites is 1. The topological polar surface area (TPSA) is 101 Å². The number of sulfonamides is 1. The summed E-state index contributed by atoms with van der Waals surface area (Å²) in [7, 11) is -3.65. The summed E-state index contributed by atoms with van der Waals surface area (Å²) in [6, 6.07) is 13.5. The monoisotopic (exact) mass is 498 g/mol. The second-order valence-electron chi connectivity index (χ2n) is 8.55. The number of fused-ring (bicyclic) bond motifs is 1. The average Bonchev–Trinajstić information content (AvgIpc) is 3.32. The van der Waals surface area contributed by atoms with Crippen LogP contribution in [-0.4, -0.2) is 53.1 Å². The molecule has 2 aliphatic rings. The number of nitrogens with one attached hydrogen (secondary N) is 1. The lowest BCUT2D eigenvalue weighted by Crippen LogP contribution is -2.32. The molecule has 0 saturated carbocycles. The standard InChI is InChI=1S/C24H26N4O4S2/c29-22-21(12-3-4-13-25-22)33-24-26-20-11-2-1-10-19(20)23(30)28(24)17-8-7-9-18(16-17)34(31,32)27-14-5-6-15-27/h1-2,7-11,16,21H,3-6,12-15H2,(H,25,29)/t21-/m0/s1. The average molecular weight is 499 g/mol. The fourth-order valence-electron chi connectivity index (χ4n) is 4.43. The number of benzene rings is 2. The molecule has 3 heterocycles. The molecule has 2 aromatic carbocycles. The zero-order chi connectivity index (χ0) is 23.7. The lowest BCUT2D eigenvalue weighted by Gasteiger charge is -2.19. The van der Waals surface area contributed by atoms with Crippen molar-refractivity contribution in [2.24, 2.45) is 0 Å². The fourth-order valence-corrected chi connectivity index (χ4v) is 7.16. The van der Waals surface area contributed by atoms with E-state index in [1.54, 1.807) is 36.4 Å². The molecule has 34 heavy (non-hydrogen) atoms. The van der Waals surface area contributed by atoms with Gasteiger partial charge >= 0.3 is 0 Å². The highest BCUT2D eigenvalue weighted by Crippen LogP contribution is 2.30. The quantitative estimate of drug-likeness (QED) is 0.543. The number of rotatable bonds is 5. The molecule has 1 N–H and O–H groups in total. The number of carbonyl (C=O) groups excluding carboxylic acids is 1. The van der Waals surface area contributed by atoms with Crippen LogP contribution < -0.4 is 10.9 Å². The van der Waals surface area contributed by atoms with Crippen molar-refractivity contribution in [2.45, 2.75) is 47.4 Å². The van der Waals surface area contributed by atoms with Crippen LogP contribution in [0.1, 0.15) is 32.1 Å². The van der Waals surface area contributed by atoms with Gasteiger partial charge in [0, 0.05) is 19.6 Å². The number of hydrogen-bond donors (Lipinski definition) is 1. The first-order valence-corrected chi connectivity index (χ1v) is 13.8. The summed E-state index contributed by atoms with van der Waals surface area (Å²) in [5.74, 6) is -0.0678. The van der Waals surface area contributed by atoms with Gasteiger partial charge in [0.25, 0.3) is 5.56 Å². The van der Waals surface area contributed by atoms with Crippen molar-refractivity contribution in [3.05, 3.63) is 58.9 Å². The van der Waals surface area contributed by atoms with E-state index in [0.29, 0.717) is 47.8 Å². The molecule has 1 amide bonds. The third-order valence-corrected chi connectivity index (χ3v) is 9.37. The van der Waals surface area contributed by atoms with E-state index in [0.717, 1.165) is 25.7 Å². The summed E-state index contributed by atoms with van der Waals surface area (Å²) in [4.78, 5) is 31.1. The normalized spacial score (nSPS) is 19.8. The molecular weight excluding hydrogens is 472 g/mol. The molecular formula is C24H26N4O4S2. The van der Waals surface area contributed by atoms with Crippen LogP contribution in [0.3, 0.4) is 0 Å². The van der Waals surface area contributed by atoms with Gasteiger partial charge in [0.05, 0.1) is 26.7 Å². The van der Waals surface area contributed by atoms with Crippen molar-refractivity contribution < 1.29 is 13.2 Å². The molecule has 2 saturated heterocycles. The number of amides is 1. The van der Waals surface area contributed by atoms with E-state index >= 15 is 0 Å². The van der Waals surface area contributed by atoms with Crippen molar-refractivity contribution in [3.8, 4) is 5.69 Å². The Bertz CT molecular complexity index is 1400. The lowest BCUT2D eigenvalue weighted by molar-refractivity contribution is -0.120. The largest absolute Gasteiger partial charge is 0.355 e. The Kier molecular flexibility index (Phi) is 6.46. The maximum Gasteiger partial charge on any atom is 0.266 e. The molecule has 1 atom stereocenters. The Hall–Kier alpha value is -2.69. The Morgan fingerprint density at radius 2 is 1.76 bits per heavy atom. The predicted molar refractivity (Wildman–Crippen MR) is 132 cm³/mol. The molecule has 2 aliphatic heterocycles. The molecule has 8 nitrogen and oxygen atoms in total. The van der Waals surface area contributed by atoms with Gasteiger partial charge in [-0.1, -0.05) is 36.4 Å². The molecule has 0 unspecified atom stereocenters. The summed E-state index contributed by atoms with van der Waals surface area (Å²) in [5, 5.41) is 3.36. The highest BCUT2D eigenvalue weighted by atomic mass is 32.2. The van der Waals surface area contributed by atoms with Crippen molar-refractivity contribution in [1.82, 2.24) is 19.2 Å². The Morgan fingerprint density at radius 1 is 0.971 bits per heavy atom. The van der Waals surface area contributed by atoms with Crippen molar-refractivity contribution >= 4 is 38.6 Å². The smallest absolute Gasteiger partial charge is 0.266 e. The van der Waals surface area contributed by atoms with Crippen LogP contribution in [-0.2, 0) is 14.8 Å². The molecule has 10 heteroatoms. The third-order valence-electron chi connectivity index (χ3n) is 6.26. The van der Waals surface area contributed by atoms with E-state index in [2.05, 4.69) is 5.32 Å². The highest BCUT2D eigenvalue weighted by molar-refractivity contribution is 8.00. The minimum atomic E-state index is -3.65. The molecule has 0 radical (unpaired) electrons. The number of nitrogens with zero attached hydrogens (tertiary/aromatic N) is 3. The third kappa shape index (κ3) is 4.37. The van der Waals surface area contributed by atoms with Crippen LogP contribution in [0, 0.1) is 0 Å². The maximum absolute atomic E-state index is 13.6. The summed E-state index contributed by atoms with van der Waals surface area (Å²) in [6.45, 7) is 1.65. The van der Waals surface area contributed by atoms with Gasteiger partial charge in [-0.2, -0.15) is 4.31 Å². The maximum atomic E-state index is 13.6. The summed E-state index contributed by atoms with van der Waals surface area (Å²) >= 11 is 1.26. The number of aromatic nitrogens is 2. The van der Waals surface area contributed by atoms with Crippen LogP contribution >= 0.6 is 11.8 Å². The van der Waals surface area contributed by atoms with Crippen LogP contribution in [0.25, 0.3) is 16.6 Å². The second kappa shape index (κ2) is 9.52. The van der Waals surface area contributed by atoms with Gasteiger partial charge in [0.2, 0.25) is 15.9 Å². The zero-order valence-corrected chi connectivity index (χ0v) is 20.3. The van der Waals surface area contributed by atoms with Crippen LogP contribution in [0.4, 0.5) is 0 Å². The summed E-state index contributed by atoms with van der Waals surface area (Å²) in [5.41, 5.74) is 0.666. The first kappa shape index (κ1) is 23.1. The molecule has 178 valence electrons. The van der Waals surface area contributed by atoms with Gasteiger partial charge in [0.1, 0.15) is 0 Å². The first-order valence-electron chi connectivity index (χ1n) is 11.5. The van der Waals surface area contributed by atoms with E-state index < -0.39 is 10.0 Å². The molecule has 0 bridgehead atoms. The van der Waals surface area contributed by atoms with Crippen LogP contribution in [0.15, 0.2) is 63.4 Å². The molecule has 1 aromatic heterocycles. The molecule has 0 spiro atoms. The van der Waals surface area contributed by atoms with Gasteiger partial charge in [-0.15, -0.1) is 0 Å².